The number of hydrogen-bond acceptors (Lipinski definition) is 2. The molecule has 0 atom stereocenters. The summed E-state index contributed by atoms with van der Waals surface area (Å²) in [5.74, 6) is 0.619. The first kappa shape index (κ1) is 11.2. The second-order valence-electron chi connectivity index (χ2n) is 3.22. The van der Waals surface area contributed by atoms with Gasteiger partial charge in [0.15, 0.2) is 0 Å². The van der Waals surface area contributed by atoms with E-state index in [1.54, 1.807) is 12.1 Å². The van der Waals surface area contributed by atoms with Gasteiger partial charge in [0, 0.05) is 12.1 Å². The minimum absolute atomic E-state index is 0.329. The molecule has 16 heavy (non-hydrogen) atoms. The van der Waals surface area contributed by atoms with Crippen LogP contribution in [0.2, 0.25) is 10.3 Å². The monoisotopic (exact) mass is 253 g/mol. The van der Waals surface area contributed by atoms with Crippen LogP contribution in [0.4, 0.5) is 0 Å². The van der Waals surface area contributed by atoms with Gasteiger partial charge in [0.05, 0.1) is 0 Å². The van der Waals surface area contributed by atoms with Gasteiger partial charge in [0.25, 0.3) is 0 Å². The third kappa shape index (κ3) is 3.12. The molecule has 1 aromatic carbocycles. The van der Waals surface area contributed by atoms with Gasteiger partial charge in [-0.1, -0.05) is 53.5 Å². The van der Waals surface area contributed by atoms with Crippen LogP contribution in [0, 0.1) is 0 Å². The maximum atomic E-state index is 5.76. The number of hydrogen-bond donors (Lipinski definition) is 0. The summed E-state index contributed by atoms with van der Waals surface area (Å²) < 4.78 is 5.54. The van der Waals surface area contributed by atoms with E-state index in [0.717, 1.165) is 5.56 Å². The third-order valence-corrected chi connectivity index (χ3v) is 2.37. The Balaban J connectivity index is 2.05. The van der Waals surface area contributed by atoms with E-state index in [1.165, 1.54) is 0 Å². The lowest BCUT2D eigenvalue weighted by atomic mass is 10.2. The van der Waals surface area contributed by atoms with Gasteiger partial charge < -0.3 is 4.74 Å². The van der Waals surface area contributed by atoms with E-state index in [0.29, 0.717) is 22.7 Å². The lowest BCUT2D eigenvalue weighted by Crippen LogP contribution is -1.95. The lowest BCUT2D eigenvalue weighted by Gasteiger charge is -2.06. The molecule has 0 spiro atoms. The molecule has 0 radical (unpaired) electrons. The first-order valence-corrected chi connectivity index (χ1v) is 5.49. The fourth-order valence-electron chi connectivity index (χ4n) is 1.27. The van der Waals surface area contributed by atoms with Gasteiger partial charge in [0.2, 0.25) is 0 Å². The van der Waals surface area contributed by atoms with Crippen LogP contribution >= 0.6 is 23.2 Å². The second-order valence-corrected chi connectivity index (χ2v) is 4.00. The standard InChI is InChI=1S/C12H9Cl2NO/c13-11-6-10(7-12(14)15-11)16-8-9-4-2-1-3-5-9/h1-7H,8H2. The third-order valence-electron chi connectivity index (χ3n) is 1.98. The largest absolute Gasteiger partial charge is 0.489 e. The molecule has 1 heterocycles. The predicted molar refractivity (Wildman–Crippen MR) is 65.0 cm³/mol. The highest BCUT2D eigenvalue weighted by molar-refractivity contribution is 6.32. The Bertz CT molecular complexity index is 453. The van der Waals surface area contributed by atoms with Crippen LogP contribution < -0.4 is 4.74 Å². The van der Waals surface area contributed by atoms with Crippen molar-refractivity contribution in [3.63, 3.8) is 0 Å². The van der Waals surface area contributed by atoms with Gasteiger partial charge in [-0.25, -0.2) is 4.98 Å². The number of rotatable bonds is 3. The minimum Gasteiger partial charge on any atom is -0.489 e. The summed E-state index contributed by atoms with van der Waals surface area (Å²) in [6.45, 7) is 0.484. The van der Waals surface area contributed by atoms with E-state index in [2.05, 4.69) is 4.98 Å². The molecule has 0 bridgehead atoms. The number of nitrogens with zero attached hydrogens (tertiary/aromatic N) is 1. The van der Waals surface area contributed by atoms with Gasteiger partial charge in [-0.05, 0) is 5.56 Å². The number of benzene rings is 1. The molecule has 0 fully saturated rings. The van der Waals surface area contributed by atoms with Crippen LogP contribution in [0.25, 0.3) is 0 Å². The molecule has 2 nitrogen and oxygen atoms in total. The number of halogens is 2. The van der Waals surface area contributed by atoms with E-state index in [9.17, 15) is 0 Å². The molecule has 0 N–H and O–H groups in total. The topological polar surface area (TPSA) is 22.1 Å². The molecule has 0 saturated heterocycles. The molecule has 0 aliphatic rings. The SMILES string of the molecule is Clc1cc(OCc2ccccc2)cc(Cl)n1. The zero-order valence-electron chi connectivity index (χ0n) is 8.36. The van der Waals surface area contributed by atoms with E-state index in [1.807, 2.05) is 30.3 Å². The number of ether oxygens (including phenoxy) is 1. The summed E-state index contributed by atoms with van der Waals surface area (Å²) in [7, 11) is 0. The molecule has 0 aliphatic heterocycles. The quantitative estimate of drug-likeness (QED) is 0.773. The highest BCUT2D eigenvalue weighted by Gasteiger charge is 2.00. The van der Waals surface area contributed by atoms with Crippen molar-refractivity contribution in [1.29, 1.82) is 0 Å². The smallest absolute Gasteiger partial charge is 0.134 e. The van der Waals surface area contributed by atoms with Crippen LogP contribution in [0.1, 0.15) is 5.56 Å². The Morgan fingerprint density at radius 3 is 2.25 bits per heavy atom. The maximum absolute atomic E-state index is 5.76. The van der Waals surface area contributed by atoms with Crippen molar-refractivity contribution in [2.24, 2.45) is 0 Å². The Morgan fingerprint density at radius 2 is 1.62 bits per heavy atom. The molecule has 0 unspecified atom stereocenters. The van der Waals surface area contributed by atoms with Crippen molar-refractivity contribution in [1.82, 2.24) is 4.98 Å². The first-order valence-electron chi connectivity index (χ1n) is 4.74. The van der Waals surface area contributed by atoms with Crippen molar-refractivity contribution in [3.8, 4) is 5.75 Å². The van der Waals surface area contributed by atoms with Gasteiger partial charge in [-0.3, -0.25) is 0 Å². The van der Waals surface area contributed by atoms with Gasteiger partial charge in [0.1, 0.15) is 22.7 Å². The van der Waals surface area contributed by atoms with E-state index in [4.69, 9.17) is 27.9 Å². The summed E-state index contributed by atoms with van der Waals surface area (Å²) in [5, 5.41) is 0.658. The van der Waals surface area contributed by atoms with E-state index in [-0.39, 0.29) is 0 Å². The highest BCUT2D eigenvalue weighted by Crippen LogP contribution is 2.21. The van der Waals surface area contributed by atoms with E-state index >= 15 is 0 Å². The Labute approximate surface area is 104 Å². The molecule has 2 aromatic rings. The zero-order chi connectivity index (χ0) is 11.4. The van der Waals surface area contributed by atoms with Crippen LogP contribution in [-0.4, -0.2) is 4.98 Å². The van der Waals surface area contributed by atoms with Crippen molar-refractivity contribution in [2.75, 3.05) is 0 Å². The van der Waals surface area contributed by atoms with E-state index < -0.39 is 0 Å². The molecule has 0 saturated carbocycles. The van der Waals surface area contributed by atoms with Gasteiger partial charge in [-0.15, -0.1) is 0 Å². The number of aromatic nitrogens is 1. The van der Waals surface area contributed by atoms with Crippen molar-refractivity contribution >= 4 is 23.2 Å². The normalized spacial score (nSPS) is 10.1. The Hall–Kier alpha value is -1.25. The average molecular weight is 254 g/mol. The molecule has 1 aromatic heterocycles. The van der Waals surface area contributed by atoms with Crippen molar-refractivity contribution in [3.05, 3.63) is 58.3 Å². The fraction of sp³-hybridized carbons (Fsp3) is 0.0833. The second kappa shape index (κ2) is 5.19. The summed E-state index contributed by atoms with van der Waals surface area (Å²) in [6.07, 6.45) is 0. The molecule has 82 valence electrons. The molecule has 4 heteroatoms. The van der Waals surface area contributed by atoms with Crippen LogP contribution in [0.3, 0.4) is 0 Å². The first-order chi connectivity index (χ1) is 7.74. The Morgan fingerprint density at radius 1 is 1.00 bits per heavy atom. The van der Waals surface area contributed by atoms with Crippen molar-refractivity contribution in [2.45, 2.75) is 6.61 Å². The molecular formula is C12H9Cl2NO. The maximum Gasteiger partial charge on any atom is 0.134 e. The molecular weight excluding hydrogens is 245 g/mol. The van der Waals surface area contributed by atoms with Crippen LogP contribution in [0.15, 0.2) is 42.5 Å². The fourth-order valence-corrected chi connectivity index (χ4v) is 1.71. The lowest BCUT2D eigenvalue weighted by molar-refractivity contribution is 0.306. The summed E-state index contributed by atoms with van der Waals surface area (Å²) in [6, 6.07) is 13.1. The van der Waals surface area contributed by atoms with Crippen LogP contribution in [0.5, 0.6) is 5.75 Å². The minimum atomic E-state index is 0.329. The van der Waals surface area contributed by atoms with Gasteiger partial charge in [-0.2, -0.15) is 0 Å². The molecule has 2 rings (SSSR count). The van der Waals surface area contributed by atoms with Crippen LogP contribution in [-0.2, 0) is 6.61 Å². The van der Waals surface area contributed by atoms with Gasteiger partial charge >= 0.3 is 0 Å². The summed E-state index contributed by atoms with van der Waals surface area (Å²) in [5.41, 5.74) is 1.09. The molecule has 0 aliphatic carbocycles. The summed E-state index contributed by atoms with van der Waals surface area (Å²) >= 11 is 11.5. The highest BCUT2D eigenvalue weighted by atomic mass is 35.5. The molecule has 0 amide bonds. The Kier molecular flexibility index (Phi) is 3.65. The predicted octanol–water partition coefficient (Wildman–Crippen LogP) is 3.97. The zero-order valence-corrected chi connectivity index (χ0v) is 9.87. The number of pyridine rings is 1. The average Bonchev–Trinajstić information content (AvgIpc) is 2.27. The van der Waals surface area contributed by atoms with Crippen molar-refractivity contribution < 1.29 is 4.74 Å². The summed E-state index contributed by atoms with van der Waals surface area (Å²) in [4.78, 5) is 3.84.